The zero-order valence-corrected chi connectivity index (χ0v) is 25.6. The number of thiophene rings is 1. The van der Waals surface area contributed by atoms with Crippen molar-refractivity contribution < 1.29 is 22.8 Å². The third kappa shape index (κ3) is 6.24. The number of piperazine rings is 1. The van der Waals surface area contributed by atoms with Crippen LogP contribution in [0.1, 0.15) is 36.4 Å². The molecule has 3 heterocycles. The van der Waals surface area contributed by atoms with Gasteiger partial charge in [0.15, 0.2) is 0 Å². The topological polar surface area (TPSA) is 116 Å². The van der Waals surface area contributed by atoms with Crippen LogP contribution in [0.15, 0.2) is 53.4 Å². The highest BCUT2D eigenvalue weighted by atomic mass is 35.5. The van der Waals surface area contributed by atoms with Gasteiger partial charge in [0.05, 0.1) is 33.6 Å². The molecular formula is C28H30Cl2N4O5S2. The molecule has 0 radical (unpaired) electrons. The number of rotatable bonds is 9. The van der Waals surface area contributed by atoms with Crippen molar-refractivity contribution in [1.82, 2.24) is 19.8 Å². The highest BCUT2D eigenvalue weighted by molar-refractivity contribution is 7.89. The van der Waals surface area contributed by atoms with E-state index in [-0.39, 0.29) is 44.8 Å². The number of benzene rings is 2. The van der Waals surface area contributed by atoms with Gasteiger partial charge in [0.1, 0.15) is 10.9 Å². The Kier molecular flexibility index (Phi) is 8.63. The molecule has 5 rings (SSSR count). The van der Waals surface area contributed by atoms with E-state index in [1.165, 1.54) is 29.5 Å². The minimum Gasteiger partial charge on any atom is -0.340 e. The van der Waals surface area contributed by atoms with E-state index in [4.69, 9.17) is 23.2 Å². The van der Waals surface area contributed by atoms with Crippen molar-refractivity contribution >= 4 is 72.4 Å². The van der Waals surface area contributed by atoms with Gasteiger partial charge in [-0.3, -0.25) is 14.4 Å². The zero-order chi connectivity index (χ0) is 29.5. The number of amides is 3. The summed E-state index contributed by atoms with van der Waals surface area (Å²) >= 11 is 13.5. The molecule has 0 spiro atoms. The van der Waals surface area contributed by atoms with E-state index in [1.807, 2.05) is 44.2 Å². The van der Waals surface area contributed by atoms with Crippen molar-refractivity contribution in [2.45, 2.75) is 49.7 Å². The molecule has 0 aliphatic carbocycles. The molecule has 2 aliphatic heterocycles. The number of hydrogen-bond acceptors (Lipinski definition) is 6. The zero-order valence-electron chi connectivity index (χ0n) is 22.5. The lowest BCUT2D eigenvalue weighted by Crippen LogP contribution is -2.57. The SMILES string of the molecule is CC(C)CC(NC(=O)c1cc2ccccc2s1)C(=O)N1C[C@@H]2C[C@H]1CN2C(=O)CNS(=O)(=O)c1c(Cl)cccc1Cl. The predicted octanol–water partition coefficient (Wildman–Crippen LogP) is 4.14. The van der Waals surface area contributed by atoms with Gasteiger partial charge in [0, 0.05) is 17.8 Å². The average Bonchev–Trinajstić information content (AvgIpc) is 3.65. The highest BCUT2D eigenvalue weighted by Crippen LogP contribution is 2.33. The third-order valence-electron chi connectivity index (χ3n) is 7.40. The Morgan fingerprint density at radius 3 is 2.29 bits per heavy atom. The Balaban J connectivity index is 1.21. The number of nitrogens with zero attached hydrogens (tertiary/aromatic N) is 2. The molecular weight excluding hydrogens is 607 g/mol. The summed E-state index contributed by atoms with van der Waals surface area (Å²) in [6.45, 7) is 4.16. The van der Waals surface area contributed by atoms with Crippen molar-refractivity contribution in [2.75, 3.05) is 19.6 Å². The lowest BCUT2D eigenvalue weighted by atomic mass is 10.0. The van der Waals surface area contributed by atoms with Crippen LogP contribution in [0.2, 0.25) is 10.0 Å². The molecule has 3 aromatic rings. The number of nitrogens with one attached hydrogen (secondary N) is 2. The minimum absolute atomic E-state index is 0.0396. The van der Waals surface area contributed by atoms with E-state index in [0.717, 1.165) is 10.1 Å². The molecule has 2 fully saturated rings. The summed E-state index contributed by atoms with van der Waals surface area (Å²) in [5, 5.41) is 3.86. The first kappa shape index (κ1) is 29.8. The molecule has 41 heavy (non-hydrogen) atoms. The van der Waals surface area contributed by atoms with E-state index in [0.29, 0.717) is 30.8 Å². The molecule has 1 aromatic heterocycles. The number of carbonyl (C=O) groups excluding carboxylic acids is 3. The molecule has 2 saturated heterocycles. The van der Waals surface area contributed by atoms with Crippen LogP contribution >= 0.6 is 34.5 Å². The summed E-state index contributed by atoms with van der Waals surface area (Å²) < 4.78 is 28.8. The van der Waals surface area contributed by atoms with Gasteiger partial charge in [0.25, 0.3) is 5.91 Å². The molecule has 2 aromatic carbocycles. The maximum atomic E-state index is 13.7. The van der Waals surface area contributed by atoms with Gasteiger partial charge in [0.2, 0.25) is 21.8 Å². The number of fused-ring (bicyclic) bond motifs is 3. The lowest BCUT2D eigenvalue weighted by Gasteiger charge is -2.36. The normalized spacial score (nSPS) is 19.2. The number of carbonyl (C=O) groups is 3. The fraction of sp³-hybridized carbons (Fsp3) is 0.393. The van der Waals surface area contributed by atoms with Gasteiger partial charge in [-0.15, -0.1) is 11.3 Å². The van der Waals surface area contributed by atoms with Crippen LogP contribution in [0.3, 0.4) is 0 Å². The standard InChI is InChI=1S/C28H30Cl2N4O5S2/c1-16(2)10-22(32-27(36)24-11-17-6-3-4-9-23(17)40-24)28(37)34-15-18-12-19(34)14-33(18)25(35)13-31-41(38,39)26-20(29)7-5-8-21(26)30/h3-9,11,16,18-19,22,31H,10,12-15H2,1-2H3,(H,32,36)/t18-,19-,22?/m0/s1. The maximum Gasteiger partial charge on any atom is 0.262 e. The molecule has 13 heteroatoms. The van der Waals surface area contributed by atoms with Crippen LogP contribution in [0.25, 0.3) is 10.1 Å². The number of hydrogen-bond donors (Lipinski definition) is 2. The Morgan fingerprint density at radius 1 is 1.00 bits per heavy atom. The van der Waals surface area contributed by atoms with Crippen LogP contribution in [0.4, 0.5) is 0 Å². The van der Waals surface area contributed by atoms with Crippen molar-refractivity contribution in [1.29, 1.82) is 0 Å². The molecule has 3 amide bonds. The third-order valence-corrected chi connectivity index (χ3v) is 10.9. The molecule has 0 saturated carbocycles. The van der Waals surface area contributed by atoms with Gasteiger partial charge in [-0.2, -0.15) is 0 Å². The Labute approximate surface area is 252 Å². The lowest BCUT2D eigenvalue weighted by molar-refractivity contribution is -0.140. The molecule has 2 aliphatic rings. The van der Waals surface area contributed by atoms with Gasteiger partial charge in [-0.25, -0.2) is 13.1 Å². The van der Waals surface area contributed by atoms with E-state index < -0.39 is 28.5 Å². The van der Waals surface area contributed by atoms with Crippen LogP contribution < -0.4 is 10.0 Å². The highest BCUT2D eigenvalue weighted by Gasteiger charge is 2.48. The minimum atomic E-state index is -4.11. The van der Waals surface area contributed by atoms with Crippen molar-refractivity contribution in [3.05, 3.63) is 63.5 Å². The van der Waals surface area contributed by atoms with Crippen LogP contribution in [0.5, 0.6) is 0 Å². The molecule has 2 N–H and O–H groups in total. The summed E-state index contributed by atoms with van der Waals surface area (Å²) in [7, 11) is -4.11. The monoisotopic (exact) mass is 636 g/mol. The summed E-state index contributed by atoms with van der Waals surface area (Å²) in [5.74, 6) is -0.670. The second-order valence-electron chi connectivity index (χ2n) is 10.8. The van der Waals surface area contributed by atoms with Crippen LogP contribution in [0, 0.1) is 5.92 Å². The van der Waals surface area contributed by atoms with Gasteiger partial charge >= 0.3 is 0 Å². The molecule has 9 nitrogen and oxygen atoms in total. The summed E-state index contributed by atoms with van der Waals surface area (Å²) in [6, 6.07) is 12.8. The van der Waals surface area contributed by atoms with Crippen molar-refractivity contribution in [3.63, 3.8) is 0 Å². The first-order valence-electron chi connectivity index (χ1n) is 13.3. The van der Waals surface area contributed by atoms with Crippen molar-refractivity contribution in [3.8, 4) is 0 Å². The van der Waals surface area contributed by atoms with Gasteiger partial charge in [-0.05, 0) is 48.4 Å². The fourth-order valence-electron chi connectivity index (χ4n) is 5.53. The molecule has 218 valence electrons. The van der Waals surface area contributed by atoms with E-state index in [9.17, 15) is 22.8 Å². The summed E-state index contributed by atoms with van der Waals surface area (Å²) in [6.07, 6.45) is 1.08. The van der Waals surface area contributed by atoms with Gasteiger partial charge < -0.3 is 15.1 Å². The molecule has 3 atom stereocenters. The summed E-state index contributed by atoms with van der Waals surface area (Å²) in [5.41, 5.74) is 0. The van der Waals surface area contributed by atoms with Gasteiger partial charge in [-0.1, -0.05) is 61.3 Å². The van der Waals surface area contributed by atoms with E-state index >= 15 is 0 Å². The first-order valence-corrected chi connectivity index (χ1v) is 16.3. The molecule has 2 bridgehead atoms. The number of halogens is 2. The van der Waals surface area contributed by atoms with E-state index in [1.54, 1.807) is 9.80 Å². The smallest absolute Gasteiger partial charge is 0.262 e. The Morgan fingerprint density at radius 2 is 1.66 bits per heavy atom. The van der Waals surface area contributed by atoms with Crippen molar-refractivity contribution in [2.24, 2.45) is 5.92 Å². The Hall–Kier alpha value is -2.70. The quantitative estimate of drug-likeness (QED) is 0.366. The number of likely N-dealkylation sites (tertiary alicyclic amines) is 2. The second-order valence-corrected chi connectivity index (χ2v) is 14.4. The summed E-state index contributed by atoms with van der Waals surface area (Å²) in [4.78, 5) is 43.4. The fourth-order valence-corrected chi connectivity index (χ4v) is 8.61. The maximum absolute atomic E-state index is 13.7. The predicted molar refractivity (Wildman–Crippen MR) is 160 cm³/mol. The number of sulfonamides is 1. The van der Waals surface area contributed by atoms with Crippen LogP contribution in [-0.4, -0.2) is 73.7 Å². The second kappa shape index (κ2) is 11.9. The van der Waals surface area contributed by atoms with Crippen LogP contribution in [-0.2, 0) is 19.6 Å². The largest absolute Gasteiger partial charge is 0.340 e. The first-order chi connectivity index (χ1) is 19.4. The van der Waals surface area contributed by atoms with E-state index in [2.05, 4.69) is 10.0 Å². The Bertz CT molecular complexity index is 1560. The molecule has 1 unspecified atom stereocenters. The average molecular weight is 638 g/mol.